The molecule has 2 aromatic carbocycles. The van der Waals surface area contributed by atoms with Gasteiger partial charge < -0.3 is 9.80 Å². The van der Waals surface area contributed by atoms with Gasteiger partial charge in [0.15, 0.2) is 0 Å². The van der Waals surface area contributed by atoms with Gasteiger partial charge in [-0.15, -0.1) is 0 Å². The number of hydrogen-bond donors (Lipinski definition) is 0. The molecule has 0 N–H and O–H groups in total. The Morgan fingerprint density at radius 2 is 0.952 bits per heavy atom. The molecule has 0 aliphatic carbocycles. The van der Waals surface area contributed by atoms with Gasteiger partial charge in [-0.1, -0.05) is 70.1 Å². The van der Waals surface area contributed by atoms with Crippen LogP contribution in [-0.2, 0) is 0 Å². The summed E-state index contributed by atoms with van der Waals surface area (Å²) in [6.07, 6.45) is 16.9. The highest BCUT2D eigenvalue weighted by atomic mass is 33.1. The van der Waals surface area contributed by atoms with Crippen molar-refractivity contribution in [1.29, 1.82) is 0 Å². The zero-order valence-electron chi connectivity index (χ0n) is 24.8. The Bertz CT molecular complexity index is 1230. The van der Waals surface area contributed by atoms with E-state index in [1.54, 1.807) is 0 Å². The minimum atomic E-state index is 0.978. The van der Waals surface area contributed by atoms with Gasteiger partial charge in [-0.3, -0.25) is 9.97 Å². The van der Waals surface area contributed by atoms with E-state index >= 15 is 0 Å². The first-order chi connectivity index (χ1) is 20.7. The number of anilines is 2. The fraction of sp³-hybridized carbons (Fsp3) is 0.278. The number of rotatable bonds is 17. The molecular weight excluding hydrogens is 553 g/mol. The van der Waals surface area contributed by atoms with Crippen LogP contribution in [0.4, 0.5) is 11.4 Å². The van der Waals surface area contributed by atoms with Crippen molar-refractivity contribution in [2.45, 2.75) is 25.7 Å². The van der Waals surface area contributed by atoms with Gasteiger partial charge in [-0.05, 0) is 97.5 Å². The van der Waals surface area contributed by atoms with E-state index in [9.17, 15) is 0 Å². The molecule has 4 aromatic rings. The van der Waals surface area contributed by atoms with E-state index in [2.05, 4.69) is 107 Å². The lowest BCUT2D eigenvalue weighted by molar-refractivity contribution is 0.772. The monoisotopic (exact) mass is 594 g/mol. The largest absolute Gasteiger partial charge is 0.375 e. The van der Waals surface area contributed by atoms with Crippen molar-refractivity contribution in [2.75, 3.05) is 48.5 Å². The molecule has 4 rings (SSSR count). The molecule has 0 radical (unpaired) electrons. The maximum atomic E-state index is 4.34. The number of unbranched alkanes of at least 4 members (excludes halogenated alkanes) is 2. The van der Waals surface area contributed by atoms with Gasteiger partial charge in [0, 0.05) is 62.5 Å². The number of hydrogen-bond acceptors (Lipinski definition) is 6. The van der Waals surface area contributed by atoms with E-state index in [-0.39, 0.29) is 0 Å². The summed E-state index contributed by atoms with van der Waals surface area (Å²) in [4.78, 5) is 13.4. The molecule has 0 aliphatic heterocycles. The molecule has 0 atom stereocenters. The molecule has 0 saturated heterocycles. The van der Waals surface area contributed by atoms with Crippen LogP contribution in [-0.4, -0.2) is 48.7 Å². The van der Waals surface area contributed by atoms with Crippen LogP contribution < -0.4 is 9.80 Å². The topological polar surface area (TPSA) is 32.3 Å². The standard InChI is InChI=1S/C36H42N4S2/c1-39(35-21-15-31(16-22-35)13-19-33-11-3-5-25-37-33)27-7-9-29-41-42-30-10-8-28-40(2)36-23-17-32(18-24-36)14-20-34-12-4-6-26-38-34/h3-6,11-26H,7-10,27-30H2,1-2H3/b19-13+,20-14+. The fourth-order valence-electron chi connectivity index (χ4n) is 4.39. The summed E-state index contributed by atoms with van der Waals surface area (Å²) in [5.74, 6) is 2.44. The van der Waals surface area contributed by atoms with Gasteiger partial charge >= 0.3 is 0 Å². The molecule has 4 nitrogen and oxygen atoms in total. The molecule has 0 bridgehead atoms. The first-order valence-electron chi connectivity index (χ1n) is 14.7. The third-order valence-electron chi connectivity index (χ3n) is 6.96. The Hall–Kier alpha value is -3.48. The van der Waals surface area contributed by atoms with Crippen LogP contribution in [0.25, 0.3) is 24.3 Å². The molecule has 6 heteroatoms. The molecular formula is C36H42N4S2. The molecule has 0 unspecified atom stereocenters. The average Bonchev–Trinajstić information content (AvgIpc) is 3.05. The molecule has 0 amide bonds. The lowest BCUT2D eigenvalue weighted by atomic mass is 10.1. The third-order valence-corrected chi connectivity index (χ3v) is 9.54. The lowest BCUT2D eigenvalue weighted by Gasteiger charge is -2.19. The SMILES string of the molecule is CN(CCCCSSCCCCN(C)c1ccc(/C=C/c2ccccn2)cc1)c1ccc(/C=C/c2ccccn2)cc1. The molecule has 0 fully saturated rings. The van der Waals surface area contributed by atoms with Crippen molar-refractivity contribution in [1.82, 2.24) is 9.97 Å². The highest BCUT2D eigenvalue weighted by Gasteiger charge is 2.03. The lowest BCUT2D eigenvalue weighted by Crippen LogP contribution is -2.18. The summed E-state index contributed by atoms with van der Waals surface area (Å²) >= 11 is 0. The van der Waals surface area contributed by atoms with E-state index in [1.807, 2.05) is 70.4 Å². The fourth-order valence-corrected chi connectivity index (χ4v) is 6.68. The van der Waals surface area contributed by atoms with Crippen molar-refractivity contribution in [3.63, 3.8) is 0 Å². The first kappa shape index (κ1) is 31.5. The second kappa shape index (κ2) is 18.1. The van der Waals surface area contributed by atoms with E-state index in [4.69, 9.17) is 0 Å². The van der Waals surface area contributed by atoms with Crippen molar-refractivity contribution >= 4 is 57.3 Å². The van der Waals surface area contributed by atoms with Crippen LogP contribution in [0.5, 0.6) is 0 Å². The first-order valence-corrected chi connectivity index (χ1v) is 17.2. The summed E-state index contributed by atoms with van der Waals surface area (Å²) < 4.78 is 0. The Morgan fingerprint density at radius 1 is 0.524 bits per heavy atom. The quantitative estimate of drug-likeness (QED) is 0.0895. The van der Waals surface area contributed by atoms with Crippen LogP contribution in [0.15, 0.2) is 97.3 Å². The molecule has 0 saturated carbocycles. The zero-order chi connectivity index (χ0) is 29.2. The maximum absolute atomic E-state index is 4.34. The average molecular weight is 595 g/mol. The van der Waals surface area contributed by atoms with Gasteiger partial charge in [0.2, 0.25) is 0 Å². The highest BCUT2D eigenvalue weighted by Crippen LogP contribution is 2.24. The minimum Gasteiger partial charge on any atom is -0.375 e. The molecule has 2 heterocycles. The Morgan fingerprint density at radius 3 is 1.33 bits per heavy atom. The minimum absolute atomic E-state index is 0.978. The van der Waals surface area contributed by atoms with Gasteiger partial charge in [0.05, 0.1) is 11.4 Å². The van der Waals surface area contributed by atoms with Crippen LogP contribution in [0.1, 0.15) is 48.2 Å². The van der Waals surface area contributed by atoms with Gasteiger partial charge in [0.25, 0.3) is 0 Å². The van der Waals surface area contributed by atoms with Crippen LogP contribution in [0, 0.1) is 0 Å². The van der Waals surface area contributed by atoms with E-state index < -0.39 is 0 Å². The van der Waals surface area contributed by atoms with E-state index in [0.29, 0.717) is 0 Å². The van der Waals surface area contributed by atoms with E-state index in [1.165, 1.54) is 59.7 Å². The van der Waals surface area contributed by atoms with Gasteiger partial charge in [-0.2, -0.15) is 0 Å². The van der Waals surface area contributed by atoms with Crippen LogP contribution in [0.2, 0.25) is 0 Å². The molecule has 0 spiro atoms. The summed E-state index contributed by atoms with van der Waals surface area (Å²) in [6.45, 7) is 2.17. The molecule has 218 valence electrons. The van der Waals surface area contributed by atoms with Gasteiger partial charge in [-0.25, -0.2) is 0 Å². The summed E-state index contributed by atoms with van der Waals surface area (Å²) in [6, 6.07) is 29.5. The number of pyridine rings is 2. The number of nitrogens with zero attached hydrogens (tertiary/aromatic N) is 4. The van der Waals surface area contributed by atoms with Crippen molar-refractivity contribution < 1.29 is 0 Å². The van der Waals surface area contributed by atoms with Crippen molar-refractivity contribution in [2.24, 2.45) is 0 Å². The Labute approximate surface area is 260 Å². The van der Waals surface area contributed by atoms with E-state index in [0.717, 1.165) is 24.5 Å². The Balaban J connectivity index is 1.01. The summed E-state index contributed by atoms with van der Waals surface area (Å²) in [5, 5.41) is 0. The van der Waals surface area contributed by atoms with Crippen LogP contribution >= 0.6 is 21.6 Å². The van der Waals surface area contributed by atoms with Crippen LogP contribution in [0.3, 0.4) is 0 Å². The predicted octanol–water partition coefficient (Wildman–Crippen LogP) is 9.33. The zero-order valence-corrected chi connectivity index (χ0v) is 26.4. The Kier molecular flexibility index (Phi) is 13.6. The third kappa shape index (κ3) is 11.4. The van der Waals surface area contributed by atoms with Gasteiger partial charge in [0.1, 0.15) is 0 Å². The normalized spacial score (nSPS) is 11.4. The summed E-state index contributed by atoms with van der Waals surface area (Å²) in [7, 11) is 8.43. The highest BCUT2D eigenvalue weighted by molar-refractivity contribution is 8.76. The van der Waals surface area contributed by atoms with Crippen molar-refractivity contribution in [3.8, 4) is 0 Å². The second-order valence-corrected chi connectivity index (χ2v) is 13.0. The molecule has 0 aliphatic rings. The number of aromatic nitrogens is 2. The smallest absolute Gasteiger partial charge is 0.0629 e. The molecule has 2 aromatic heterocycles. The second-order valence-electron chi connectivity index (χ2n) is 10.3. The maximum Gasteiger partial charge on any atom is 0.0629 e. The number of benzene rings is 2. The predicted molar refractivity (Wildman–Crippen MR) is 189 cm³/mol. The molecule has 42 heavy (non-hydrogen) atoms. The summed E-state index contributed by atoms with van der Waals surface area (Å²) in [5.41, 5.74) is 6.88. The van der Waals surface area contributed by atoms with Crippen molar-refractivity contribution in [3.05, 3.63) is 120 Å².